The minimum atomic E-state index is 0.0972. The molecule has 0 fully saturated rings. The Morgan fingerprint density at radius 3 is 0.750 bits per heavy atom. The summed E-state index contributed by atoms with van der Waals surface area (Å²) < 4.78 is 0. The van der Waals surface area contributed by atoms with Crippen molar-refractivity contribution in [1.29, 1.82) is 0 Å². The van der Waals surface area contributed by atoms with Crippen molar-refractivity contribution in [2.24, 2.45) is 10.8 Å². The molecule has 0 rings (SSSR count). The fourth-order valence-electron chi connectivity index (χ4n) is 0. The molecule has 0 aromatic heterocycles. The van der Waals surface area contributed by atoms with Crippen molar-refractivity contribution in [2.45, 2.75) is 41.5 Å². The van der Waals surface area contributed by atoms with Crippen LogP contribution in [0.2, 0.25) is 0 Å². The first-order valence-corrected chi connectivity index (χ1v) is 4.34. The van der Waals surface area contributed by atoms with Crippen molar-refractivity contribution >= 4 is 0 Å². The van der Waals surface area contributed by atoms with Crippen LogP contribution in [0.5, 0.6) is 0 Å². The molecule has 0 heterocycles. The lowest BCUT2D eigenvalue weighted by molar-refractivity contribution is 0.177. The lowest BCUT2D eigenvalue weighted by Crippen LogP contribution is -2.09. The van der Waals surface area contributed by atoms with Gasteiger partial charge in [0.1, 0.15) is 0 Å². The van der Waals surface area contributed by atoms with Gasteiger partial charge in [-0.15, -0.1) is 0 Å². The average molecular weight is 176 g/mol. The van der Waals surface area contributed by atoms with Gasteiger partial charge in [-0.2, -0.15) is 0 Å². The average Bonchev–Trinajstić information content (AvgIpc) is 1.86. The molecule has 0 aliphatic carbocycles. The van der Waals surface area contributed by atoms with Crippen molar-refractivity contribution in [3.8, 4) is 0 Å². The van der Waals surface area contributed by atoms with Gasteiger partial charge in [0.15, 0.2) is 0 Å². The molecule has 0 radical (unpaired) electrons. The molecule has 0 saturated carbocycles. The van der Waals surface area contributed by atoms with E-state index >= 15 is 0 Å². The van der Waals surface area contributed by atoms with Gasteiger partial charge in [0.2, 0.25) is 0 Å². The molecule has 0 aromatic carbocycles. The summed E-state index contributed by atoms with van der Waals surface area (Å²) in [5.41, 5.74) is 0.194. The van der Waals surface area contributed by atoms with Gasteiger partial charge >= 0.3 is 0 Å². The van der Waals surface area contributed by atoms with E-state index in [1.165, 1.54) is 0 Å². The Balaban J connectivity index is 0. The zero-order valence-corrected chi connectivity index (χ0v) is 9.31. The van der Waals surface area contributed by atoms with Crippen molar-refractivity contribution in [2.75, 3.05) is 13.2 Å². The lowest BCUT2D eigenvalue weighted by Gasteiger charge is -2.11. The Labute approximate surface area is 76.6 Å². The van der Waals surface area contributed by atoms with E-state index in [2.05, 4.69) is 0 Å². The first kappa shape index (κ1) is 14.4. The first-order chi connectivity index (χ1) is 5.12. The van der Waals surface area contributed by atoms with Gasteiger partial charge in [-0.1, -0.05) is 41.5 Å². The molecular weight excluding hydrogens is 152 g/mol. The van der Waals surface area contributed by atoms with Gasteiger partial charge in [-0.05, 0) is 10.8 Å². The van der Waals surface area contributed by atoms with E-state index in [4.69, 9.17) is 10.2 Å². The second-order valence-electron chi connectivity index (χ2n) is 5.44. The highest BCUT2D eigenvalue weighted by Gasteiger charge is 2.05. The highest BCUT2D eigenvalue weighted by atomic mass is 16.3. The summed E-state index contributed by atoms with van der Waals surface area (Å²) in [4.78, 5) is 0. The van der Waals surface area contributed by atoms with Crippen LogP contribution in [-0.4, -0.2) is 23.4 Å². The van der Waals surface area contributed by atoms with Gasteiger partial charge in [0.25, 0.3) is 0 Å². The van der Waals surface area contributed by atoms with Crippen LogP contribution in [-0.2, 0) is 0 Å². The minimum Gasteiger partial charge on any atom is -0.396 e. The van der Waals surface area contributed by atoms with Crippen molar-refractivity contribution in [3.05, 3.63) is 0 Å². The summed E-state index contributed by atoms with van der Waals surface area (Å²) in [6.45, 7) is 12.5. The molecule has 0 amide bonds. The standard InChI is InChI=1S/2C5H12O/c2*1-5(2,3)4-6/h2*6H,4H2,1-3H3. The number of aliphatic hydroxyl groups is 2. The van der Waals surface area contributed by atoms with E-state index in [-0.39, 0.29) is 24.0 Å². The van der Waals surface area contributed by atoms with Crippen LogP contribution in [0.4, 0.5) is 0 Å². The Morgan fingerprint density at radius 2 is 0.750 bits per heavy atom. The first-order valence-electron chi connectivity index (χ1n) is 4.34. The van der Waals surface area contributed by atoms with Crippen LogP contribution in [0.25, 0.3) is 0 Å². The Morgan fingerprint density at radius 1 is 0.667 bits per heavy atom. The van der Waals surface area contributed by atoms with E-state index in [9.17, 15) is 0 Å². The number of hydrogen-bond donors (Lipinski definition) is 2. The molecule has 0 unspecified atom stereocenters. The molecule has 0 atom stereocenters. The molecule has 2 N–H and O–H groups in total. The van der Waals surface area contributed by atoms with Crippen molar-refractivity contribution in [3.63, 3.8) is 0 Å². The summed E-state index contributed by atoms with van der Waals surface area (Å²) in [5.74, 6) is 0. The molecule has 12 heavy (non-hydrogen) atoms. The second kappa shape index (κ2) is 5.55. The second-order valence-corrected chi connectivity index (χ2v) is 5.44. The lowest BCUT2D eigenvalue weighted by atomic mass is 9.99. The van der Waals surface area contributed by atoms with Gasteiger partial charge in [0.05, 0.1) is 0 Å². The number of rotatable bonds is 0. The van der Waals surface area contributed by atoms with Crippen LogP contribution in [0, 0.1) is 10.8 Å². The van der Waals surface area contributed by atoms with Gasteiger partial charge < -0.3 is 10.2 Å². The molecule has 2 nitrogen and oxygen atoms in total. The van der Waals surface area contributed by atoms with E-state index in [0.29, 0.717) is 0 Å². The van der Waals surface area contributed by atoms with E-state index < -0.39 is 0 Å². The third kappa shape index (κ3) is 22.5. The summed E-state index contributed by atoms with van der Waals surface area (Å²) in [6, 6.07) is 0. The Kier molecular flexibility index (Phi) is 6.68. The molecule has 0 bridgehead atoms. The summed E-state index contributed by atoms with van der Waals surface area (Å²) in [6.07, 6.45) is 0. The molecule has 76 valence electrons. The van der Waals surface area contributed by atoms with Crippen molar-refractivity contribution in [1.82, 2.24) is 0 Å². The highest BCUT2D eigenvalue weighted by molar-refractivity contribution is 4.56. The quantitative estimate of drug-likeness (QED) is 0.593. The topological polar surface area (TPSA) is 40.5 Å². The summed E-state index contributed by atoms with van der Waals surface area (Å²) >= 11 is 0. The van der Waals surface area contributed by atoms with E-state index in [0.717, 1.165) is 0 Å². The molecular formula is C10H24O2. The SMILES string of the molecule is CC(C)(C)CO.CC(C)(C)CO. The largest absolute Gasteiger partial charge is 0.396 e. The summed E-state index contributed by atoms with van der Waals surface area (Å²) in [7, 11) is 0. The van der Waals surface area contributed by atoms with Crippen LogP contribution in [0.1, 0.15) is 41.5 Å². The van der Waals surface area contributed by atoms with Crippen LogP contribution in [0.15, 0.2) is 0 Å². The molecule has 0 aromatic rings. The molecule has 2 heteroatoms. The minimum absolute atomic E-state index is 0.0972. The third-order valence-electron chi connectivity index (χ3n) is 0.949. The zero-order chi connectivity index (χ0) is 10.4. The molecule has 0 aliphatic heterocycles. The fourth-order valence-corrected chi connectivity index (χ4v) is 0. The summed E-state index contributed by atoms with van der Waals surface area (Å²) in [5, 5.41) is 16.8. The van der Waals surface area contributed by atoms with Crippen molar-refractivity contribution < 1.29 is 10.2 Å². The Bertz CT molecular complexity index is 81.4. The zero-order valence-electron chi connectivity index (χ0n) is 9.31. The van der Waals surface area contributed by atoms with Crippen LogP contribution in [0.3, 0.4) is 0 Å². The third-order valence-corrected chi connectivity index (χ3v) is 0.949. The van der Waals surface area contributed by atoms with E-state index in [1.807, 2.05) is 41.5 Å². The van der Waals surface area contributed by atoms with Gasteiger partial charge in [-0.3, -0.25) is 0 Å². The predicted molar refractivity (Wildman–Crippen MR) is 53.1 cm³/mol. The number of aliphatic hydroxyl groups excluding tert-OH is 2. The molecule has 0 saturated heterocycles. The maximum atomic E-state index is 8.40. The molecule has 0 spiro atoms. The van der Waals surface area contributed by atoms with Crippen LogP contribution < -0.4 is 0 Å². The smallest absolute Gasteiger partial charge is 0.0479 e. The fraction of sp³-hybridized carbons (Fsp3) is 1.00. The monoisotopic (exact) mass is 176 g/mol. The van der Waals surface area contributed by atoms with Gasteiger partial charge in [0, 0.05) is 13.2 Å². The Hall–Kier alpha value is -0.0800. The maximum Gasteiger partial charge on any atom is 0.0479 e. The number of hydrogen-bond acceptors (Lipinski definition) is 2. The van der Waals surface area contributed by atoms with Crippen LogP contribution >= 0.6 is 0 Å². The van der Waals surface area contributed by atoms with E-state index in [1.54, 1.807) is 0 Å². The maximum absolute atomic E-state index is 8.40. The normalized spacial score (nSPS) is 12.0. The van der Waals surface area contributed by atoms with Gasteiger partial charge in [-0.25, -0.2) is 0 Å². The molecule has 0 aliphatic rings. The highest BCUT2D eigenvalue weighted by Crippen LogP contribution is 2.09. The predicted octanol–water partition coefficient (Wildman–Crippen LogP) is 2.05.